The number of ether oxygens (including phenoxy) is 1. The SMILES string of the molecule is CCOC(=O)c1cnn(C)c1CNCCc1ncon1. The van der Waals surface area contributed by atoms with Crippen LogP contribution >= 0.6 is 0 Å². The first kappa shape index (κ1) is 14.2. The standard InChI is InChI=1S/C12H17N5O3/c1-3-19-12(18)9-6-15-17(2)10(9)7-13-5-4-11-14-8-20-16-11/h6,8,13H,3-5,7H2,1-2H3. The summed E-state index contributed by atoms with van der Waals surface area (Å²) < 4.78 is 11.3. The number of nitrogens with one attached hydrogen (secondary N) is 1. The van der Waals surface area contributed by atoms with E-state index in [1.165, 1.54) is 12.6 Å². The van der Waals surface area contributed by atoms with E-state index in [1.807, 2.05) is 0 Å². The van der Waals surface area contributed by atoms with Crippen LogP contribution in [0.25, 0.3) is 0 Å². The summed E-state index contributed by atoms with van der Waals surface area (Å²) >= 11 is 0. The maximum atomic E-state index is 11.8. The second-order valence-electron chi connectivity index (χ2n) is 4.12. The van der Waals surface area contributed by atoms with Gasteiger partial charge in [-0.05, 0) is 6.92 Å². The average molecular weight is 279 g/mol. The summed E-state index contributed by atoms with van der Waals surface area (Å²) in [5, 5.41) is 11.0. The molecule has 2 rings (SSSR count). The minimum Gasteiger partial charge on any atom is -0.462 e. The summed E-state index contributed by atoms with van der Waals surface area (Å²) in [6, 6.07) is 0. The number of hydrogen-bond donors (Lipinski definition) is 1. The van der Waals surface area contributed by atoms with Crippen molar-refractivity contribution < 1.29 is 14.1 Å². The van der Waals surface area contributed by atoms with E-state index in [0.29, 0.717) is 37.5 Å². The van der Waals surface area contributed by atoms with Crippen LogP contribution in [0.1, 0.15) is 28.8 Å². The fourth-order valence-corrected chi connectivity index (χ4v) is 1.76. The van der Waals surface area contributed by atoms with Crippen LogP contribution in [0.5, 0.6) is 0 Å². The molecule has 2 aromatic heterocycles. The van der Waals surface area contributed by atoms with Gasteiger partial charge in [0.15, 0.2) is 5.82 Å². The molecule has 0 bridgehead atoms. The van der Waals surface area contributed by atoms with Gasteiger partial charge in [0.1, 0.15) is 5.56 Å². The van der Waals surface area contributed by atoms with Gasteiger partial charge in [-0.1, -0.05) is 5.16 Å². The van der Waals surface area contributed by atoms with E-state index in [4.69, 9.17) is 4.74 Å². The molecule has 0 aliphatic carbocycles. The largest absolute Gasteiger partial charge is 0.462 e. The summed E-state index contributed by atoms with van der Waals surface area (Å²) in [6.45, 7) is 3.31. The molecule has 20 heavy (non-hydrogen) atoms. The quantitative estimate of drug-likeness (QED) is 0.575. The lowest BCUT2D eigenvalue weighted by molar-refractivity contribution is 0.0524. The zero-order valence-corrected chi connectivity index (χ0v) is 11.5. The van der Waals surface area contributed by atoms with Crippen molar-refractivity contribution in [3.8, 4) is 0 Å². The van der Waals surface area contributed by atoms with Crippen molar-refractivity contribution in [2.45, 2.75) is 19.9 Å². The van der Waals surface area contributed by atoms with E-state index < -0.39 is 0 Å². The van der Waals surface area contributed by atoms with E-state index in [1.54, 1.807) is 18.7 Å². The highest BCUT2D eigenvalue weighted by Gasteiger charge is 2.16. The first-order valence-corrected chi connectivity index (χ1v) is 6.36. The normalized spacial score (nSPS) is 10.7. The molecule has 0 aliphatic rings. The molecular weight excluding hydrogens is 262 g/mol. The van der Waals surface area contributed by atoms with Gasteiger partial charge < -0.3 is 14.6 Å². The van der Waals surface area contributed by atoms with Crippen LogP contribution in [0.2, 0.25) is 0 Å². The van der Waals surface area contributed by atoms with Crippen molar-refractivity contribution >= 4 is 5.97 Å². The summed E-state index contributed by atoms with van der Waals surface area (Å²) in [4.78, 5) is 15.7. The lowest BCUT2D eigenvalue weighted by atomic mass is 10.2. The predicted molar refractivity (Wildman–Crippen MR) is 68.9 cm³/mol. The Balaban J connectivity index is 1.88. The molecule has 8 nitrogen and oxygen atoms in total. The van der Waals surface area contributed by atoms with Crippen LogP contribution in [-0.2, 0) is 24.8 Å². The molecule has 8 heteroatoms. The number of esters is 1. The number of carbonyl (C=O) groups is 1. The van der Waals surface area contributed by atoms with Crippen LogP contribution < -0.4 is 5.32 Å². The maximum Gasteiger partial charge on any atom is 0.341 e. The van der Waals surface area contributed by atoms with Gasteiger partial charge in [0.25, 0.3) is 0 Å². The third-order valence-electron chi connectivity index (χ3n) is 2.78. The number of rotatable bonds is 7. The van der Waals surface area contributed by atoms with Crippen molar-refractivity contribution in [1.29, 1.82) is 0 Å². The summed E-state index contributed by atoms with van der Waals surface area (Å²) in [7, 11) is 1.79. The van der Waals surface area contributed by atoms with Crippen molar-refractivity contribution in [3.05, 3.63) is 29.7 Å². The van der Waals surface area contributed by atoms with Gasteiger partial charge in [0.05, 0.1) is 18.5 Å². The smallest absolute Gasteiger partial charge is 0.341 e. The molecule has 0 fully saturated rings. The Kier molecular flexibility index (Phi) is 4.83. The molecule has 0 radical (unpaired) electrons. The Hall–Kier alpha value is -2.22. The molecule has 0 atom stereocenters. The number of aromatic nitrogens is 4. The molecule has 0 unspecified atom stereocenters. The molecule has 0 saturated heterocycles. The average Bonchev–Trinajstić information content (AvgIpc) is 3.05. The Bertz CT molecular complexity index is 549. The molecule has 0 spiro atoms. The molecule has 0 amide bonds. The Morgan fingerprint density at radius 3 is 3.10 bits per heavy atom. The van der Waals surface area contributed by atoms with Crippen LogP contribution in [0.15, 0.2) is 17.1 Å². The zero-order valence-electron chi connectivity index (χ0n) is 11.5. The van der Waals surface area contributed by atoms with Crippen LogP contribution in [-0.4, -0.2) is 39.0 Å². The van der Waals surface area contributed by atoms with Crippen molar-refractivity contribution in [2.24, 2.45) is 7.05 Å². The Morgan fingerprint density at radius 2 is 2.40 bits per heavy atom. The van der Waals surface area contributed by atoms with Crippen molar-refractivity contribution in [2.75, 3.05) is 13.2 Å². The number of nitrogens with zero attached hydrogens (tertiary/aromatic N) is 4. The fraction of sp³-hybridized carbons (Fsp3) is 0.500. The third-order valence-corrected chi connectivity index (χ3v) is 2.78. The molecule has 2 heterocycles. The van der Waals surface area contributed by atoms with Gasteiger partial charge in [-0.25, -0.2) is 4.79 Å². The highest BCUT2D eigenvalue weighted by atomic mass is 16.5. The van der Waals surface area contributed by atoms with Crippen LogP contribution in [0.4, 0.5) is 0 Å². The van der Waals surface area contributed by atoms with E-state index in [-0.39, 0.29) is 5.97 Å². The van der Waals surface area contributed by atoms with Gasteiger partial charge in [-0.3, -0.25) is 4.68 Å². The molecule has 0 aromatic carbocycles. The highest BCUT2D eigenvalue weighted by Crippen LogP contribution is 2.09. The molecule has 1 N–H and O–H groups in total. The first-order valence-electron chi connectivity index (χ1n) is 6.36. The molecule has 0 saturated carbocycles. The van der Waals surface area contributed by atoms with E-state index in [2.05, 4.69) is 25.1 Å². The maximum absolute atomic E-state index is 11.8. The second kappa shape index (κ2) is 6.80. The van der Waals surface area contributed by atoms with Gasteiger partial charge in [0, 0.05) is 26.6 Å². The summed E-state index contributed by atoms with van der Waals surface area (Å²) in [5.41, 5.74) is 1.28. The highest BCUT2D eigenvalue weighted by molar-refractivity contribution is 5.90. The minimum absolute atomic E-state index is 0.346. The topological polar surface area (TPSA) is 95.1 Å². The van der Waals surface area contributed by atoms with Gasteiger partial charge >= 0.3 is 5.97 Å². The molecule has 2 aromatic rings. The monoisotopic (exact) mass is 279 g/mol. The number of aryl methyl sites for hydroxylation is 1. The van der Waals surface area contributed by atoms with Gasteiger partial charge in [-0.2, -0.15) is 10.1 Å². The summed E-state index contributed by atoms with van der Waals surface area (Å²) in [5.74, 6) is 0.295. The van der Waals surface area contributed by atoms with Crippen molar-refractivity contribution in [1.82, 2.24) is 25.2 Å². The predicted octanol–water partition coefficient (Wildman–Crippen LogP) is 0.312. The summed E-state index contributed by atoms with van der Waals surface area (Å²) in [6.07, 6.45) is 3.48. The fourth-order valence-electron chi connectivity index (χ4n) is 1.76. The first-order chi connectivity index (χ1) is 9.72. The number of carbonyl (C=O) groups excluding carboxylic acids is 1. The third kappa shape index (κ3) is 3.41. The van der Waals surface area contributed by atoms with E-state index in [0.717, 1.165) is 5.69 Å². The lowest BCUT2D eigenvalue weighted by Crippen LogP contribution is -2.21. The van der Waals surface area contributed by atoms with Gasteiger partial charge in [-0.15, -0.1) is 0 Å². The molecule has 108 valence electrons. The molecule has 0 aliphatic heterocycles. The second-order valence-corrected chi connectivity index (χ2v) is 4.12. The van der Waals surface area contributed by atoms with Crippen LogP contribution in [0, 0.1) is 0 Å². The molecular formula is C12H17N5O3. The minimum atomic E-state index is -0.351. The Morgan fingerprint density at radius 1 is 1.55 bits per heavy atom. The van der Waals surface area contributed by atoms with Gasteiger partial charge in [0.2, 0.25) is 6.39 Å². The van der Waals surface area contributed by atoms with E-state index in [9.17, 15) is 4.79 Å². The zero-order chi connectivity index (χ0) is 14.4. The van der Waals surface area contributed by atoms with Crippen LogP contribution in [0.3, 0.4) is 0 Å². The van der Waals surface area contributed by atoms with Crippen molar-refractivity contribution in [3.63, 3.8) is 0 Å². The number of hydrogen-bond acceptors (Lipinski definition) is 7. The van der Waals surface area contributed by atoms with E-state index >= 15 is 0 Å². The lowest BCUT2D eigenvalue weighted by Gasteiger charge is -2.07. The Labute approximate surface area is 116 Å².